The molecule has 2 rings (SSSR count). The molecule has 1 aromatic carbocycles. The molecule has 1 heterocycles. The monoisotopic (exact) mass is 302 g/mol. The zero-order valence-corrected chi connectivity index (χ0v) is 12.7. The molecule has 1 amide bonds. The molecule has 0 unspecified atom stereocenters. The van der Waals surface area contributed by atoms with Crippen molar-refractivity contribution in [1.82, 2.24) is 15.3 Å². The van der Waals surface area contributed by atoms with Crippen LogP contribution in [0.2, 0.25) is 0 Å². The standard InChI is InChI=1S/C16H19FN4O/c1-3-8-18-15(22)14-9-11(2)20-16(21-14)19-10-12-4-6-13(17)7-5-12/h4-7,9H,3,8,10H2,1-2H3,(H,18,22)(H,19,20,21). The highest BCUT2D eigenvalue weighted by Crippen LogP contribution is 2.08. The average molecular weight is 302 g/mol. The van der Waals surface area contributed by atoms with E-state index in [1.807, 2.05) is 6.92 Å². The molecule has 0 aliphatic heterocycles. The number of anilines is 1. The molecule has 0 aliphatic rings. The van der Waals surface area contributed by atoms with Crippen LogP contribution in [0.1, 0.15) is 35.1 Å². The van der Waals surface area contributed by atoms with E-state index in [2.05, 4.69) is 20.6 Å². The summed E-state index contributed by atoms with van der Waals surface area (Å²) in [5.74, 6) is -0.103. The van der Waals surface area contributed by atoms with Crippen LogP contribution in [0.5, 0.6) is 0 Å². The lowest BCUT2D eigenvalue weighted by Gasteiger charge is -2.08. The predicted octanol–water partition coefficient (Wildman–Crippen LogP) is 2.68. The minimum atomic E-state index is -0.273. The summed E-state index contributed by atoms with van der Waals surface area (Å²) in [6, 6.07) is 7.82. The van der Waals surface area contributed by atoms with Crippen molar-refractivity contribution in [2.24, 2.45) is 0 Å². The number of benzene rings is 1. The number of amides is 1. The van der Waals surface area contributed by atoms with E-state index in [9.17, 15) is 9.18 Å². The SMILES string of the molecule is CCCNC(=O)c1cc(C)nc(NCc2ccc(F)cc2)n1. The van der Waals surface area contributed by atoms with Gasteiger partial charge in [0, 0.05) is 18.8 Å². The highest BCUT2D eigenvalue weighted by Gasteiger charge is 2.09. The number of hydrogen-bond donors (Lipinski definition) is 2. The van der Waals surface area contributed by atoms with Crippen molar-refractivity contribution in [3.8, 4) is 0 Å². The van der Waals surface area contributed by atoms with Crippen LogP contribution in [-0.2, 0) is 6.54 Å². The summed E-state index contributed by atoms with van der Waals surface area (Å²) in [5, 5.41) is 5.83. The van der Waals surface area contributed by atoms with Gasteiger partial charge in [-0.05, 0) is 37.1 Å². The van der Waals surface area contributed by atoms with Gasteiger partial charge in [0.15, 0.2) is 0 Å². The molecule has 0 spiro atoms. The Hall–Kier alpha value is -2.50. The fraction of sp³-hybridized carbons (Fsp3) is 0.312. The zero-order chi connectivity index (χ0) is 15.9. The topological polar surface area (TPSA) is 66.9 Å². The minimum Gasteiger partial charge on any atom is -0.351 e. The Kier molecular flexibility index (Phi) is 5.41. The van der Waals surface area contributed by atoms with Gasteiger partial charge < -0.3 is 10.6 Å². The molecule has 0 saturated heterocycles. The minimum absolute atomic E-state index is 0.211. The van der Waals surface area contributed by atoms with Crippen LogP contribution >= 0.6 is 0 Å². The van der Waals surface area contributed by atoms with Crippen molar-refractivity contribution in [2.45, 2.75) is 26.8 Å². The maximum Gasteiger partial charge on any atom is 0.270 e. The Morgan fingerprint density at radius 2 is 1.95 bits per heavy atom. The van der Waals surface area contributed by atoms with Gasteiger partial charge in [0.05, 0.1) is 0 Å². The number of hydrogen-bond acceptors (Lipinski definition) is 4. The number of nitrogens with one attached hydrogen (secondary N) is 2. The van der Waals surface area contributed by atoms with Crippen molar-refractivity contribution in [3.63, 3.8) is 0 Å². The number of aryl methyl sites for hydroxylation is 1. The Morgan fingerprint density at radius 3 is 2.64 bits per heavy atom. The maximum absolute atomic E-state index is 12.9. The highest BCUT2D eigenvalue weighted by molar-refractivity contribution is 5.92. The molecule has 1 aromatic heterocycles. The molecular weight excluding hydrogens is 283 g/mol. The summed E-state index contributed by atoms with van der Waals surface area (Å²) in [6.07, 6.45) is 0.867. The van der Waals surface area contributed by atoms with Crippen molar-refractivity contribution in [1.29, 1.82) is 0 Å². The zero-order valence-electron chi connectivity index (χ0n) is 12.7. The molecule has 0 radical (unpaired) electrons. The van der Waals surface area contributed by atoms with Gasteiger partial charge >= 0.3 is 0 Å². The quantitative estimate of drug-likeness (QED) is 0.861. The van der Waals surface area contributed by atoms with Crippen LogP contribution in [0.25, 0.3) is 0 Å². The molecule has 22 heavy (non-hydrogen) atoms. The van der Waals surface area contributed by atoms with Gasteiger partial charge in [-0.1, -0.05) is 19.1 Å². The smallest absolute Gasteiger partial charge is 0.270 e. The van der Waals surface area contributed by atoms with Crippen LogP contribution in [0, 0.1) is 12.7 Å². The Labute approximate surface area is 129 Å². The van der Waals surface area contributed by atoms with E-state index >= 15 is 0 Å². The normalized spacial score (nSPS) is 10.3. The molecule has 0 fully saturated rings. The van der Waals surface area contributed by atoms with Crippen LogP contribution in [0.4, 0.5) is 10.3 Å². The number of carbonyl (C=O) groups is 1. The molecule has 0 bridgehead atoms. The average Bonchev–Trinajstić information content (AvgIpc) is 2.51. The Balaban J connectivity index is 2.06. The van der Waals surface area contributed by atoms with E-state index in [0.717, 1.165) is 12.0 Å². The van der Waals surface area contributed by atoms with E-state index < -0.39 is 0 Å². The first-order valence-electron chi connectivity index (χ1n) is 7.20. The van der Waals surface area contributed by atoms with Gasteiger partial charge in [0.1, 0.15) is 11.5 Å². The van der Waals surface area contributed by atoms with Crippen LogP contribution in [0.3, 0.4) is 0 Å². The van der Waals surface area contributed by atoms with E-state index in [1.165, 1.54) is 12.1 Å². The van der Waals surface area contributed by atoms with Crippen LogP contribution < -0.4 is 10.6 Å². The summed E-state index contributed by atoms with van der Waals surface area (Å²) in [7, 11) is 0. The molecule has 116 valence electrons. The maximum atomic E-state index is 12.9. The molecule has 0 atom stereocenters. The first kappa shape index (κ1) is 15.9. The summed E-state index contributed by atoms with van der Waals surface area (Å²) >= 11 is 0. The molecule has 2 aromatic rings. The van der Waals surface area contributed by atoms with Gasteiger partial charge in [-0.25, -0.2) is 14.4 Å². The van der Waals surface area contributed by atoms with Crippen molar-refractivity contribution >= 4 is 11.9 Å². The van der Waals surface area contributed by atoms with Crippen molar-refractivity contribution < 1.29 is 9.18 Å². The van der Waals surface area contributed by atoms with Gasteiger partial charge in [-0.15, -0.1) is 0 Å². The fourth-order valence-corrected chi connectivity index (χ4v) is 1.88. The van der Waals surface area contributed by atoms with E-state index in [4.69, 9.17) is 0 Å². The molecule has 6 heteroatoms. The lowest BCUT2D eigenvalue weighted by atomic mass is 10.2. The third-order valence-electron chi connectivity index (χ3n) is 2.99. The molecule has 0 saturated carbocycles. The number of rotatable bonds is 6. The first-order chi connectivity index (χ1) is 10.6. The van der Waals surface area contributed by atoms with Gasteiger partial charge in [-0.2, -0.15) is 0 Å². The summed E-state index contributed by atoms with van der Waals surface area (Å²) in [5.41, 5.74) is 1.95. The number of nitrogens with zero attached hydrogens (tertiary/aromatic N) is 2. The van der Waals surface area contributed by atoms with Crippen molar-refractivity contribution in [3.05, 3.63) is 53.1 Å². The third kappa shape index (κ3) is 4.51. The van der Waals surface area contributed by atoms with E-state index in [0.29, 0.717) is 30.4 Å². The largest absolute Gasteiger partial charge is 0.351 e. The summed E-state index contributed by atoms with van der Waals surface area (Å²) < 4.78 is 12.9. The number of carbonyl (C=O) groups excluding carboxylic acids is 1. The summed E-state index contributed by atoms with van der Waals surface area (Å²) in [6.45, 7) is 4.86. The van der Waals surface area contributed by atoms with Gasteiger partial charge in [-0.3, -0.25) is 4.79 Å². The number of halogens is 1. The van der Waals surface area contributed by atoms with Crippen molar-refractivity contribution in [2.75, 3.05) is 11.9 Å². The number of aromatic nitrogens is 2. The fourth-order valence-electron chi connectivity index (χ4n) is 1.88. The first-order valence-corrected chi connectivity index (χ1v) is 7.20. The van der Waals surface area contributed by atoms with Crippen LogP contribution in [0.15, 0.2) is 30.3 Å². The Morgan fingerprint density at radius 1 is 1.23 bits per heavy atom. The molecular formula is C16H19FN4O. The Bertz CT molecular complexity index is 643. The van der Waals surface area contributed by atoms with E-state index in [1.54, 1.807) is 25.1 Å². The third-order valence-corrected chi connectivity index (χ3v) is 2.99. The second-order valence-corrected chi connectivity index (χ2v) is 4.95. The second kappa shape index (κ2) is 7.49. The lowest BCUT2D eigenvalue weighted by molar-refractivity contribution is 0.0948. The highest BCUT2D eigenvalue weighted by atomic mass is 19.1. The lowest BCUT2D eigenvalue weighted by Crippen LogP contribution is -2.25. The molecule has 0 aliphatic carbocycles. The van der Waals surface area contributed by atoms with Gasteiger partial charge in [0.25, 0.3) is 5.91 Å². The second-order valence-electron chi connectivity index (χ2n) is 4.95. The summed E-state index contributed by atoms with van der Waals surface area (Å²) in [4.78, 5) is 20.4. The van der Waals surface area contributed by atoms with E-state index in [-0.39, 0.29) is 11.7 Å². The van der Waals surface area contributed by atoms with Gasteiger partial charge in [0.2, 0.25) is 5.95 Å². The van der Waals surface area contributed by atoms with Crippen LogP contribution in [-0.4, -0.2) is 22.4 Å². The molecule has 2 N–H and O–H groups in total. The molecule has 5 nitrogen and oxygen atoms in total. The predicted molar refractivity (Wildman–Crippen MR) is 83.1 cm³/mol.